The van der Waals surface area contributed by atoms with Crippen LogP contribution < -0.4 is 20.6 Å². The van der Waals surface area contributed by atoms with Gasteiger partial charge >= 0.3 is 0 Å². The Labute approximate surface area is 130 Å². The summed E-state index contributed by atoms with van der Waals surface area (Å²) >= 11 is 0. The number of aromatic amines is 1. The Kier molecular flexibility index (Phi) is 6.03. The van der Waals surface area contributed by atoms with Gasteiger partial charge in [0, 0.05) is 24.5 Å². The van der Waals surface area contributed by atoms with Gasteiger partial charge in [0.25, 0.3) is 0 Å². The minimum atomic E-state index is -0.143. The smallest absolute Gasteiger partial charge is 0.223 e. The maximum absolute atomic E-state index is 11.7. The number of aromatic nitrogens is 1. The lowest BCUT2D eigenvalue weighted by Gasteiger charge is -2.08. The van der Waals surface area contributed by atoms with Crippen LogP contribution in [0.2, 0.25) is 0 Å². The van der Waals surface area contributed by atoms with Crippen molar-refractivity contribution in [2.45, 2.75) is 26.3 Å². The fourth-order valence-electron chi connectivity index (χ4n) is 1.94. The third-order valence-electron chi connectivity index (χ3n) is 3.24. The number of unbranched alkanes of at least 4 members (excludes halogenated alkanes) is 1. The molecule has 0 amide bonds. The van der Waals surface area contributed by atoms with Crippen molar-refractivity contribution in [1.29, 1.82) is 0 Å². The Morgan fingerprint density at radius 1 is 1.09 bits per heavy atom. The van der Waals surface area contributed by atoms with Crippen molar-refractivity contribution in [2.75, 3.05) is 13.2 Å². The van der Waals surface area contributed by atoms with Gasteiger partial charge in [-0.1, -0.05) is 17.7 Å². The fraction of sp³-hybridized carbons (Fsp3) is 0.353. The zero-order valence-electron chi connectivity index (χ0n) is 12.8. The van der Waals surface area contributed by atoms with Crippen molar-refractivity contribution < 1.29 is 9.47 Å². The van der Waals surface area contributed by atoms with E-state index in [4.69, 9.17) is 15.2 Å². The largest absolute Gasteiger partial charge is 0.494 e. The first-order chi connectivity index (χ1) is 10.7. The molecule has 1 aromatic carbocycles. The minimum Gasteiger partial charge on any atom is -0.494 e. The van der Waals surface area contributed by atoms with E-state index in [0.717, 1.165) is 18.6 Å². The molecule has 118 valence electrons. The van der Waals surface area contributed by atoms with Crippen LogP contribution in [-0.2, 0) is 6.54 Å². The zero-order valence-corrected chi connectivity index (χ0v) is 12.8. The van der Waals surface area contributed by atoms with Crippen molar-refractivity contribution in [3.8, 4) is 11.5 Å². The maximum Gasteiger partial charge on any atom is 0.223 e. The summed E-state index contributed by atoms with van der Waals surface area (Å²) in [4.78, 5) is 14.6. The number of nitrogens with one attached hydrogen (secondary N) is 1. The molecule has 1 aromatic heterocycles. The molecule has 0 aliphatic carbocycles. The van der Waals surface area contributed by atoms with Crippen LogP contribution in [0.1, 0.15) is 24.1 Å². The Balaban J connectivity index is 1.65. The summed E-state index contributed by atoms with van der Waals surface area (Å²) in [5.41, 5.74) is 7.22. The number of nitrogens with two attached hydrogens (primary N) is 1. The van der Waals surface area contributed by atoms with E-state index in [1.54, 1.807) is 6.20 Å². The van der Waals surface area contributed by atoms with Crippen LogP contribution in [0.5, 0.6) is 11.5 Å². The highest BCUT2D eigenvalue weighted by Gasteiger charge is 2.01. The van der Waals surface area contributed by atoms with Gasteiger partial charge in [-0.25, -0.2) is 0 Å². The number of hydrogen-bond donors (Lipinski definition) is 2. The first kappa shape index (κ1) is 16.1. The van der Waals surface area contributed by atoms with Gasteiger partial charge in [0.2, 0.25) is 5.43 Å². The summed E-state index contributed by atoms with van der Waals surface area (Å²) in [7, 11) is 0. The van der Waals surface area contributed by atoms with E-state index in [2.05, 4.69) is 4.98 Å². The first-order valence-electron chi connectivity index (χ1n) is 7.43. The summed E-state index contributed by atoms with van der Waals surface area (Å²) in [6, 6.07) is 9.44. The molecular formula is C17H22N2O3. The quantitative estimate of drug-likeness (QED) is 0.734. The summed E-state index contributed by atoms with van der Waals surface area (Å²) in [5.74, 6) is 1.21. The molecule has 0 aliphatic rings. The monoisotopic (exact) mass is 302 g/mol. The van der Waals surface area contributed by atoms with E-state index in [-0.39, 0.29) is 5.43 Å². The molecule has 5 nitrogen and oxygen atoms in total. The molecule has 2 rings (SSSR count). The van der Waals surface area contributed by atoms with Crippen molar-refractivity contribution in [3.05, 3.63) is 58.0 Å². The molecule has 0 bridgehead atoms. The third-order valence-corrected chi connectivity index (χ3v) is 3.24. The van der Waals surface area contributed by atoms with Gasteiger partial charge in [-0.2, -0.15) is 0 Å². The lowest BCUT2D eigenvalue weighted by Crippen LogP contribution is -2.12. The molecule has 0 saturated carbocycles. The molecular weight excluding hydrogens is 280 g/mol. The number of rotatable bonds is 8. The predicted molar refractivity (Wildman–Crippen MR) is 86.4 cm³/mol. The van der Waals surface area contributed by atoms with E-state index in [0.29, 0.717) is 31.2 Å². The Hall–Kier alpha value is -2.27. The van der Waals surface area contributed by atoms with Crippen LogP contribution in [0, 0.1) is 6.92 Å². The molecule has 22 heavy (non-hydrogen) atoms. The highest BCUT2D eigenvalue weighted by Crippen LogP contribution is 2.12. The lowest BCUT2D eigenvalue weighted by molar-refractivity contribution is 0.264. The second-order valence-corrected chi connectivity index (χ2v) is 5.11. The molecule has 2 aromatic rings. The van der Waals surface area contributed by atoms with Crippen molar-refractivity contribution in [1.82, 2.24) is 4.98 Å². The third kappa shape index (κ3) is 4.93. The van der Waals surface area contributed by atoms with Gasteiger partial charge in [0.1, 0.15) is 5.75 Å². The number of pyridine rings is 1. The average Bonchev–Trinajstić information content (AvgIpc) is 2.53. The summed E-state index contributed by atoms with van der Waals surface area (Å²) < 4.78 is 11.1. The number of H-pyrrole nitrogens is 1. The number of benzene rings is 1. The second kappa shape index (κ2) is 8.24. The molecule has 0 saturated heterocycles. The Bertz CT molecular complexity index is 635. The molecule has 0 aliphatic heterocycles. The Morgan fingerprint density at radius 2 is 1.77 bits per heavy atom. The van der Waals surface area contributed by atoms with Gasteiger partial charge < -0.3 is 20.2 Å². The highest BCUT2D eigenvalue weighted by molar-refractivity contribution is 5.26. The highest BCUT2D eigenvalue weighted by atomic mass is 16.5. The average molecular weight is 302 g/mol. The van der Waals surface area contributed by atoms with E-state index in [9.17, 15) is 4.79 Å². The van der Waals surface area contributed by atoms with Gasteiger partial charge in [0.15, 0.2) is 5.75 Å². The fourth-order valence-corrected chi connectivity index (χ4v) is 1.94. The van der Waals surface area contributed by atoms with E-state index < -0.39 is 0 Å². The molecule has 5 heteroatoms. The lowest BCUT2D eigenvalue weighted by atomic mass is 10.2. The van der Waals surface area contributed by atoms with Crippen LogP contribution in [0.3, 0.4) is 0 Å². The standard InChI is InChI=1S/C17H22N2O3/c1-13-4-6-15(7-5-13)21-8-2-3-9-22-17-12-19-14(11-18)10-16(17)20/h4-7,10,12H,2-3,8-9,11,18H2,1H3,(H,19,20). The molecule has 0 spiro atoms. The van der Waals surface area contributed by atoms with Crippen LogP contribution in [0.4, 0.5) is 0 Å². The molecule has 0 unspecified atom stereocenters. The topological polar surface area (TPSA) is 77.3 Å². The van der Waals surface area contributed by atoms with Crippen molar-refractivity contribution >= 4 is 0 Å². The predicted octanol–water partition coefficient (Wildman–Crippen LogP) is 2.38. The van der Waals surface area contributed by atoms with Gasteiger partial charge in [-0.05, 0) is 31.9 Å². The van der Waals surface area contributed by atoms with Crippen LogP contribution >= 0.6 is 0 Å². The zero-order chi connectivity index (χ0) is 15.8. The van der Waals surface area contributed by atoms with Crippen LogP contribution in [0.15, 0.2) is 41.3 Å². The maximum atomic E-state index is 11.7. The normalized spacial score (nSPS) is 10.5. The molecule has 1 heterocycles. The first-order valence-corrected chi connectivity index (χ1v) is 7.43. The van der Waals surface area contributed by atoms with Crippen molar-refractivity contribution in [3.63, 3.8) is 0 Å². The van der Waals surface area contributed by atoms with Crippen LogP contribution in [-0.4, -0.2) is 18.2 Å². The second-order valence-electron chi connectivity index (χ2n) is 5.11. The summed E-state index contributed by atoms with van der Waals surface area (Å²) in [6.07, 6.45) is 3.25. The molecule has 0 radical (unpaired) electrons. The SMILES string of the molecule is Cc1ccc(OCCCCOc2c[nH]c(CN)cc2=O)cc1. The number of aryl methyl sites for hydroxylation is 1. The van der Waals surface area contributed by atoms with Crippen LogP contribution in [0.25, 0.3) is 0 Å². The van der Waals surface area contributed by atoms with E-state index in [1.807, 2.05) is 31.2 Å². The molecule has 3 N–H and O–H groups in total. The van der Waals surface area contributed by atoms with Crippen molar-refractivity contribution in [2.24, 2.45) is 5.73 Å². The van der Waals surface area contributed by atoms with Gasteiger partial charge in [-0.3, -0.25) is 4.79 Å². The Morgan fingerprint density at radius 3 is 2.41 bits per heavy atom. The molecule has 0 fully saturated rings. The minimum absolute atomic E-state index is 0.143. The number of hydrogen-bond acceptors (Lipinski definition) is 4. The summed E-state index contributed by atoms with van der Waals surface area (Å²) in [5, 5.41) is 0. The van der Waals surface area contributed by atoms with E-state index in [1.165, 1.54) is 11.6 Å². The molecule has 0 atom stereocenters. The van der Waals surface area contributed by atoms with E-state index >= 15 is 0 Å². The van der Waals surface area contributed by atoms with Gasteiger partial charge in [-0.15, -0.1) is 0 Å². The summed E-state index contributed by atoms with van der Waals surface area (Å²) in [6.45, 7) is 3.48. The van der Waals surface area contributed by atoms with Gasteiger partial charge in [0.05, 0.1) is 13.2 Å². The number of ether oxygens (including phenoxy) is 2.